The van der Waals surface area contributed by atoms with Gasteiger partial charge in [0.25, 0.3) is 0 Å². The van der Waals surface area contributed by atoms with E-state index in [0.29, 0.717) is 6.61 Å². The molecule has 114 valence electrons. The Kier molecular flexibility index (Phi) is 5.25. The van der Waals surface area contributed by atoms with Crippen molar-refractivity contribution in [2.24, 2.45) is 11.8 Å². The number of halogens is 1. The Balaban J connectivity index is 2.92. The van der Waals surface area contributed by atoms with Crippen LogP contribution in [-0.4, -0.2) is 33.3 Å². The average molecular weight is 290 g/mol. The van der Waals surface area contributed by atoms with Gasteiger partial charge in [0.1, 0.15) is 12.3 Å². The summed E-state index contributed by atoms with van der Waals surface area (Å²) in [6, 6.07) is 0. The Morgan fingerprint density at radius 1 is 1.26 bits per heavy atom. The number of rotatable bonds is 3. The van der Waals surface area contributed by atoms with Crippen LogP contribution in [0.5, 0.6) is 0 Å². The topological polar surface area (TPSA) is 18.5 Å². The van der Waals surface area contributed by atoms with Crippen molar-refractivity contribution < 1.29 is 13.6 Å². The summed E-state index contributed by atoms with van der Waals surface area (Å²) in [5, 5.41) is 0.0922. The Bertz CT molecular complexity index is 299. The van der Waals surface area contributed by atoms with Crippen molar-refractivity contribution in [2.75, 3.05) is 6.61 Å². The van der Waals surface area contributed by atoms with E-state index in [1.54, 1.807) is 0 Å². The van der Waals surface area contributed by atoms with Gasteiger partial charge in [-0.05, 0) is 24.1 Å². The van der Waals surface area contributed by atoms with E-state index in [4.69, 9.17) is 9.16 Å². The molecule has 1 fully saturated rings. The van der Waals surface area contributed by atoms with Crippen LogP contribution in [0.1, 0.15) is 41.5 Å². The number of alkyl halides is 1. The van der Waals surface area contributed by atoms with E-state index in [-0.39, 0.29) is 23.0 Å². The van der Waals surface area contributed by atoms with E-state index < -0.39 is 20.6 Å². The van der Waals surface area contributed by atoms with Crippen LogP contribution < -0.4 is 0 Å². The first kappa shape index (κ1) is 17.1. The molecule has 1 unspecified atom stereocenters. The van der Waals surface area contributed by atoms with Crippen LogP contribution >= 0.6 is 0 Å². The fraction of sp³-hybridized carbons (Fsp3) is 1.00. The van der Waals surface area contributed by atoms with Gasteiger partial charge in [-0.25, -0.2) is 4.39 Å². The molecule has 0 aliphatic carbocycles. The summed E-state index contributed by atoms with van der Waals surface area (Å²) in [5.74, 6) is 0.199. The lowest BCUT2D eigenvalue weighted by Crippen LogP contribution is -2.56. The average Bonchev–Trinajstić information content (AvgIpc) is 2.22. The smallest absolute Gasteiger partial charge is 0.192 e. The summed E-state index contributed by atoms with van der Waals surface area (Å²) in [7, 11) is -1.97. The molecular weight excluding hydrogens is 259 g/mol. The molecule has 0 spiro atoms. The highest BCUT2D eigenvalue weighted by Crippen LogP contribution is 2.40. The molecule has 4 heteroatoms. The van der Waals surface area contributed by atoms with Crippen molar-refractivity contribution in [3.8, 4) is 0 Å². The zero-order chi connectivity index (χ0) is 15.0. The van der Waals surface area contributed by atoms with Crippen molar-refractivity contribution in [2.45, 2.75) is 78.1 Å². The predicted molar refractivity (Wildman–Crippen MR) is 80.7 cm³/mol. The zero-order valence-electron chi connectivity index (χ0n) is 13.8. The molecule has 0 aromatic heterocycles. The lowest BCUT2D eigenvalue weighted by molar-refractivity contribution is -0.145. The lowest BCUT2D eigenvalue weighted by Gasteiger charge is -2.46. The van der Waals surface area contributed by atoms with Crippen LogP contribution in [0.15, 0.2) is 0 Å². The van der Waals surface area contributed by atoms with E-state index in [1.807, 2.05) is 6.92 Å². The zero-order valence-corrected chi connectivity index (χ0v) is 14.8. The van der Waals surface area contributed by atoms with Crippen LogP contribution in [0, 0.1) is 11.8 Å². The van der Waals surface area contributed by atoms with Crippen LogP contribution in [0.4, 0.5) is 4.39 Å². The molecule has 1 rings (SSSR count). The van der Waals surface area contributed by atoms with Crippen molar-refractivity contribution in [3.05, 3.63) is 0 Å². The molecule has 0 saturated carbocycles. The number of ether oxygens (including phenoxy) is 1. The Morgan fingerprint density at radius 2 is 1.79 bits per heavy atom. The molecule has 1 heterocycles. The predicted octanol–water partition coefficient (Wildman–Crippen LogP) is 4.41. The highest BCUT2D eigenvalue weighted by molar-refractivity contribution is 6.74. The van der Waals surface area contributed by atoms with Gasteiger partial charge in [0.15, 0.2) is 8.32 Å². The third kappa shape index (κ3) is 3.79. The lowest BCUT2D eigenvalue weighted by atomic mass is 9.90. The molecule has 4 atom stereocenters. The first-order chi connectivity index (χ1) is 8.47. The van der Waals surface area contributed by atoms with E-state index in [0.717, 1.165) is 0 Å². The fourth-order valence-electron chi connectivity index (χ4n) is 2.18. The largest absolute Gasteiger partial charge is 0.408 e. The van der Waals surface area contributed by atoms with Gasteiger partial charge in [0.2, 0.25) is 0 Å². The molecule has 2 nitrogen and oxygen atoms in total. The molecule has 1 aliphatic rings. The van der Waals surface area contributed by atoms with E-state index in [1.165, 1.54) is 0 Å². The van der Waals surface area contributed by atoms with Gasteiger partial charge in [0.05, 0.1) is 12.7 Å². The van der Waals surface area contributed by atoms with Gasteiger partial charge in [-0.15, -0.1) is 0 Å². The molecule has 19 heavy (non-hydrogen) atoms. The maximum atomic E-state index is 14.6. The Labute approximate surface area is 119 Å². The molecule has 0 N–H and O–H groups in total. The molecule has 0 aromatic carbocycles. The fourth-order valence-corrected chi connectivity index (χ4v) is 3.47. The second-order valence-electron chi connectivity index (χ2n) is 7.81. The van der Waals surface area contributed by atoms with E-state index in [2.05, 4.69) is 47.7 Å². The normalized spacial score (nSPS) is 33.8. The molecule has 0 amide bonds. The Hall–Kier alpha value is 0.0669. The standard InChI is InChI=1S/C15H31FO2Si/c1-10(2)13-14(12(16)11(3)9-17-13)18-19(7,8)15(4,5)6/h10-14H,9H2,1-8H3/t11-,12+,13-,14?/m1/s1. The minimum absolute atomic E-state index is 0.0789. The third-order valence-electron chi connectivity index (χ3n) is 4.63. The van der Waals surface area contributed by atoms with E-state index >= 15 is 0 Å². The van der Waals surface area contributed by atoms with Crippen molar-refractivity contribution in [1.29, 1.82) is 0 Å². The van der Waals surface area contributed by atoms with E-state index in [9.17, 15) is 4.39 Å². The van der Waals surface area contributed by atoms with Gasteiger partial charge >= 0.3 is 0 Å². The first-order valence-electron chi connectivity index (χ1n) is 7.41. The summed E-state index contributed by atoms with van der Waals surface area (Å²) in [4.78, 5) is 0. The SMILES string of the molecule is CC(C)[C@H]1OC[C@@H](C)[C@H](F)C1O[Si](C)(C)C(C)(C)C. The molecular formula is C15H31FO2Si. The monoisotopic (exact) mass is 290 g/mol. The summed E-state index contributed by atoms with van der Waals surface area (Å²) < 4.78 is 26.8. The highest BCUT2D eigenvalue weighted by atomic mass is 28.4. The molecule has 0 radical (unpaired) electrons. The Morgan fingerprint density at radius 3 is 2.21 bits per heavy atom. The van der Waals surface area contributed by atoms with Crippen LogP contribution in [0.2, 0.25) is 18.1 Å². The van der Waals surface area contributed by atoms with Crippen molar-refractivity contribution in [1.82, 2.24) is 0 Å². The summed E-state index contributed by atoms with van der Waals surface area (Å²) >= 11 is 0. The summed E-state index contributed by atoms with van der Waals surface area (Å²) in [6.45, 7) is 17.5. The summed E-state index contributed by atoms with van der Waals surface area (Å²) in [5.41, 5.74) is 0. The van der Waals surface area contributed by atoms with Crippen LogP contribution in [0.25, 0.3) is 0 Å². The van der Waals surface area contributed by atoms with Gasteiger partial charge < -0.3 is 9.16 Å². The summed E-state index contributed by atoms with van der Waals surface area (Å²) in [6.07, 6.45) is -1.46. The second kappa shape index (κ2) is 5.82. The second-order valence-corrected chi connectivity index (χ2v) is 12.6. The van der Waals surface area contributed by atoms with Gasteiger partial charge in [0, 0.05) is 5.92 Å². The minimum atomic E-state index is -1.97. The molecule has 0 aromatic rings. The minimum Gasteiger partial charge on any atom is -0.408 e. The molecule has 0 bridgehead atoms. The van der Waals surface area contributed by atoms with Crippen LogP contribution in [-0.2, 0) is 9.16 Å². The van der Waals surface area contributed by atoms with Crippen molar-refractivity contribution in [3.63, 3.8) is 0 Å². The molecule has 1 aliphatic heterocycles. The first-order valence-corrected chi connectivity index (χ1v) is 10.3. The number of hydrogen-bond acceptors (Lipinski definition) is 2. The maximum absolute atomic E-state index is 14.6. The maximum Gasteiger partial charge on any atom is 0.192 e. The van der Waals surface area contributed by atoms with Crippen molar-refractivity contribution >= 4 is 8.32 Å². The quantitative estimate of drug-likeness (QED) is 0.717. The highest BCUT2D eigenvalue weighted by Gasteiger charge is 2.47. The van der Waals surface area contributed by atoms with Gasteiger partial charge in [-0.2, -0.15) is 0 Å². The third-order valence-corrected chi connectivity index (χ3v) is 9.10. The van der Waals surface area contributed by atoms with Gasteiger partial charge in [-0.1, -0.05) is 41.5 Å². The van der Waals surface area contributed by atoms with Gasteiger partial charge in [-0.3, -0.25) is 0 Å². The molecule has 1 saturated heterocycles. The number of hydrogen-bond donors (Lipinski definition) is 0. The van der Waals surface area contributed by atoms with Crippen LogP contribution in [0.3, 0.4) is 0 Å².